The van der Waals surface area contributed by atoms with E-state index in [4.69, 9.17) is 0 Å². The van der Waals surface area contributed by atoms with Crippen molar-refractivity contribution in [2.45, 2.75) is 82.8 Å². The average molecular weight is 459 g/mol. The number of carbonyl (C=O) groups is 2. The fourth-order valence-corrected chi connectivity index (χ4v) is 6.31. The first-order chi connectivity index (χ1) is 16.6. The fraction of sp³-hybridized carbons (Fsp3) is 0.607. The number of amides is 2. The molecule has 4 aliphatic rings. The summed E-state index contributed by atoms with van der Waals surface area (Å²) < 4.78 is 2.53. The molecule has 1 aliphatic heterocycles. The molecule has 0 radical (unpaired) electrons. The summed E-state index contributed by atoms with van der Waals surface area (Å²) in [4.78, 5) is 28.5. The molecule has 2 amide bonds. The molecule has 6 nitrogen and oxygen atoms in total. The molecule has 1 N–H and O–H groups in total. The van der Waals surface area contributed by atoms with E-state index in [9.17, 15) is 14.9 Å². The molecule has 0 bridgehead atoms. The summed E-state index contributed by atoms with van der Waals surface area (Å²) in [5.74, 6) is 0.965. The number of nitrogens with zero attached hydrogens (tertiary/aromatic N) is 3. The third kappa shape index (κ3) is 4.00. The van der Waals surface area contributed by atoms with Gasteiger partial charge in [-0.1, -0.05) is 31.0 Å². The van der Waals surface area contributed by atoms with Crippen molar-refractivity contribution in [3.63, 3.8) is 0 Å². The first-order valence-corrected chi connectivity index (χ1v) is 13.2. The van der Waals surface area contributed by atoms with Gasteiger partial charge in [0.25, 0.3) is 0 Å². The van der Waals surface area contributed by atoms with Crippen LogP contribution in [-0.2, 0) is 29.1 Å². The summed E-state index contributed by atoms with van der Waals surface area (Å²) in [5, 5.41) is 13.5. The van der Waals surface area contributed by atoms with Crippen LogP contribution in [0.5, 0.6) is 0 Å². The van der Waals surface area contributed by atoms with Gasteiger partial charge >= 0.3 is 0 Å². The summed E-state index contributed by atoms with van der Waals surface area (Å²) in [5.41, 5.74) is 3.42. The first-order valence-electron chi connectivity index (χ1n) is 13.2. The van der Waals surface area contributed by atoms with Gasteiger partial charge in [-0.05, 0) is 56.4 Å². The predicted octanol–water partition coefficient (Wildman–Crippen LogP) is 4.30. The molecule has 1 aromatic carbocycles. The second-order valence-corrected chi connectivity index (χ2v) is 11.1. The van der Waals surface area contributed by atoms with Crippen molar-refractivity contribution in [3.8, 4) is 6.07 Å². The SMILES string of the molecule is N#CC1(NC(=O)C[C@H]2CCCC[C@H]2C(=O)N2CCc3c(c4ccccc4n3CC3CC3)C2)CC1. The van der Waals surface area contributed by atoms with Crippen LogP contribution < -0.4 is 5.32 Å². The Hall–Kier alpha value is -2.81. The molecule has 3 fully saturated rings. The Bertz CT molecular complexity index is 1170. The number of nitriles is 1. The second kappa shape index (κ2) is 8.45. The summed E-state index contributed by atoms with van der Waals surface area (Å²) in [6.45, 7) is 2.55. The number of carbonyl (C=O) groups excluding carboxylic acids is 2. The number of hydrogen-bond donors (Lipinski definition) is 1. The monoisotopic (exact) mass is 458 g/mol. The zero-order chi connectivity index (χ0) is 23.3. The molecule has 3 aliphatic carbocycles. The normalized spacial score (nSPS) is 25.4. The molecule has 2 heterocycles. The van der Waals surface area contributed by atoms with Gasteiger partial charge in [0.05, 0.1) is 6.07 Å². The zero-order valence-corrected chi connectivity index (χ0v) is 19.9. The molecule has 0 saturated heterocycles. The quantitative estimate of drug-likeness (QED) is 0.701. The van der Waals surface area contributed by atoms with E-state index in [2.05, 4.69) is 45.1 Å². The van der Waals surface area contributed by atoms with Gasteiger partial charge in [0.2, 0.25) is 11.8 Å². The van der Waals surface area contributed by atoms with E-state index in [1.165, 1.54) is 35.0 Å². The maximum absolute atomic E-state index is 13.8. The number of para-hydroxylation sites is 1. The van der Waals surface area contributed by atoms with E-state index in [1.54, 1.807) is 0 Å². The molecule has 0 spiro atoms. The van der Waals surface area contributed by atoms with Crippen molar-refractivity contribution in [1.82, 2.24) is 14.8 Å². The molecule has 6 heteroatoms. The van der Waals surface area contributed by atoms with E-state index < -0.39 is 5.54 Å². The first kappa shape index (κ1) is 21.7. The van der Waals surface area contributed by atoms with E-state index >= 15 is 0 Å². The van der Waals surface area contributed by atoms with Gasteiger partial charge < -0.3 is 14.8 Å². The third-order valence-corrected chi connectivity index (χ3v) is 8.63. The lowest BCUT2D eigenvalue weighted by Crippen LogP contribution is -2.44. The smallest absolute Gasteiger partial charge is 0.226 e. The molecule has 2 atom stereocenters. The number of hydrogen-bond acceptors (Lipinski definition) is 3. The maximum atomic E-state index is 13.8. The number of benzene rings is 1. The number of aromatic nitrogens is 1. The second-order valence-electron chi connectivity index (χ2n) is 11.1. The number of nitrogens with one attached hydrogen (secondary N) is 1. The van der Waals surface area contributed by atoms with Gasteiger partial charge in [-0.2, -0.15) is 5.26 Å². The molecule has 0 unspecified atom stereocenters. The Balaban J connectivity index is 1.19. The van der Waals surface area contributed by atoms with Crippen LogP contribution >= 0.6 is 0 Å². The number of fused-ring (bicyclic) bond motifs is 3. The summed E-state index contributed by atoms with van der Waals surface area (Å²) in [7, 11) is 0. The minimum Gasteiger partial charge on any atom is -0.344 e. The Kier molecular flexibility index (Phi) is 5.39. The predicted molar refractivity (Wildman–Crippen MR) is 130 cm³/mol. The van der Waals surface area contributed by atoms with Gasteiger partial charge in [-0.3, -0.25) is 9.59 Å². The summed E-state index contributed by atoms with van der Waals surface area (Å²) in [6.07, 6.45) is 9.33. The van der Waals surface area contributed by atoms with Crippen molar-refractivity contribution >= 4 is 22.7 Å². The van der Waals surface area contributed by atoms with Crippen LogP contribution in [0.2, 0.25) is 0 Å². The Morgan fingerprint density at radius 2 is 1.91 bits per heavy atom. The lowest BCUT2D eigenvalue weighted by molar-refractivity contribution is -0.140. The molecule has 178 valence electrons. The summed E-state index contributed by atoms with van der Waals surface area (Å²) >= 11 is 0. The molecule has 3 saturated carbocycles. The standard InChI is InChI=1S/C28H34N4O2/c29-18-28(12-13-28)30-26(33)15-20-5-1-2-6-21(20)27(34)31-14-11-25-23(17-31)22-7-3-4-8-24(22)32(25)16-19-9-10-19/h3-4,7-8,19-21H,1-2,5-6,9-17H2,(H,30,33)/t20-,21-/m1/s1. The van der Waals surface area contributed by atoms with E-state index in [0.717, 1.165) is 64.0 Å². The highest BCUT2D eigenvalue weighted by atomic mass is 16.2. The van der Waals surface area contributed by atoms with Crippen molar-refractivity contribution in [3.05, 3.63) is 35.5 Å². The molecule has 34 heavy (non-hydrogen) atoms. The van der Waals surface area contributed by atoms with Gasteiger partial charge in [-0.25, -0.2) is 0 Å². The summed E-state index contributed by atoms with van der Waals surface area (Å²) in [6, 6.07) is 10.9. The minimum absolute atomic E-state index is 0.0622. The third-order valence-electron chi connectivity index (χ3n) is 8.63. The highest BCUT2D eigenvalue weighted by molar-refractivity contribution is 5.87. The highest BCUT2D eigenvalue weighted by Crippen LogP contribution is 2.39. The van der Waals surface area contributed by atoms with Crippen molar-refractivity contribution in [2.75, 3.05) is 6.54 Å². The molecule has 6 rings (SSSR count). The molecule has 2 aromatic rings. The van der Waals surface area contributed by atoms with Gasteiger partial charge in [0.15, 0.2) is 0 Å². The molecule has 1 aromatic heterocycles. The van der Waals surface area contributed by atoms with Crippen LogP contribution in [-0.4, -0.2) is 33.4 Å². The topological polar surface area (TPSA) is 78.1 Å². The Morgan fingerprint density at radius 3 is 2.68 bits per heavy atom. The van der Waals surface area contributed by atoms with E-state index in [1.807, 2.05) is 0 Å². The molecular weight excluding hydrogens is 424 g/mol. The lowest BCUT2D eigenvalue weighted by Gasteiger charge is -2.36. The number of rotatable bonds is 6. The van der Waals surface area contributed by atoms with Gasteiger partial charge in [0.1, 0.15) is 5.54 Å². The van der Waals surface area contributed by atoms with Crippen molar-refractivity contribution < 1.29 is 9.59 Å². The largest absolute Gasteiger partial charge is 0.344 e. The average Bonchev–Trinajstić information content (AvgIpc) is 3.79. The van der Waals surface area contributed by atoms with Gasteiger partial charge in [0, 0.05) is 60.6 Å². The Labute approximate surface area is 201 Å². The van der Waals surface area contributed by atoms with Crippen LogP contribution in [0.1, 0.15) is 69.0 Å². The van der Waals surface area contributed by atoms with Crippen LogP contribution in [0.15, 0.2) is 24.3 Å². The van der Waals surface area contributed by atoms with E-state index in [-0.39, 0.29) is 23.7 Å². The Morgan fingerprint density at radius 1 is 1.12 bits per heavy atom. The van der Waals surface area contributed by atoms with E-state index in [0.29, 0.717) is 13.0 Å². The zero-order valence-electron chi connectivity index (χ0n) is 19.9. The lowest BCUT2D eigenvalue weighted by atomic mass is 9.76. The highest BCUT2D eigenvalue weighted by Gasteiger charge is 2.45. The minimum atomic E-state index is -0.636. The van der Waals surface area contributed by atoms with Gasteiger partial charge in [-0.15, -0.1) is 0 Å². The van der Waals surface area contributed by atoms with Crippen LogP contribution in [0.25, 0.3) is 10.9 Å². The van der Waals surface area contributed by atoms with Crippen LogP contribution in [0.3, 0.4) is 0 Å². The van der Waals surface area contributed by atoms with Crippen LogP contribution in [0, 0.1) is 29.1 Å². The van der Waals surface area contributed by atoms with Crippen molar-refractivity contribution in [1.29, 1.82) is 5.26 Å². The maximum Gasteiger partial charge on any atom is 0.226 e. The van der Waals surface area contributed by atoms with Crippen LogP contribution in [0.4, 0.5) is 0 Å². The molecular formula is C28H34N4O2. The van der Waals surface area contributed by atoms with Crippen molar-refractivity contribution in [2.24, 2.45) is 17.8 Å². The fourth-order valence-electron chi connectivity index (χ4n) is 6.31.